The number of rotatable bonds is 2. The summed E-state index contributed by atoms with van der Waals surface area (Å²) in [5.74, 6) is 0.220. The third-order valence-corrected chi connectivity index (χ3v) is 2.94. The minimum Gasteiger partial charge on any atom is -0.465 e. The lowest BCUT2D eigenvalue weighted by molar-refractivity contribution is -0.137. The number of carbonyl (C=O) groups is 1. The van der Waals surface area contributed by atoms with E-state index in [0.29, 0.717) is 19.3 Å². The molecule has 1 aliphatic heterocycles. The Bertz CT molecular complexity index is 503. The molecule has 0 saturated carbocycles. The first kappa shape index (κ1) is 13.7. The fraction of sp³-hybridized carbons (Fsp3) is 0.400. The lowest BCUT2D eigenvalue weighted by Gasteiger charge is -2.40. The van der Waals surface area contributed by atoms with Crippen molar-refractivity contribution in [2.75, 3.05) is 18.0 Å². The van der Waals surface area contributed by atoms with Crippen molar-refractivity contribution in [2.45, 2.75) is 12.2 Å². The van der Waals surface area contributed by atoms with Crippen LogP contribution >= 0.6 is 11.6 Å². The Morgan fingerprint density at radius 3 is 2.63 bits per heavy atom. The normalized spacial score (nSPS) is 16.1. The van der Waals surface area contributed by atoms with Crippen LogP contribution < -0.4 is 10.2 Å². The molecule has 0 spiro atoms. The summed E-state index contributed by atoms with van der Waals surface area (Å²) in [5.41, 5.74) is -0.915. The van der Waals surface area contributed by atoms with E-state index in [0.717, 1.165) is 6.07 Å². The topological polar surface area (TPSA) is 65.5 Å². The van der Waals surface area contributed by atoms with Crippen LogP contribution in [-0.4, -0.2) is 35.3 Å². The summed E-state index contributed by atoms with van der Waals surface area (Å²) in [5, 5.41) is 10.6. The van der Waals surface area contributed by atoms with Crippen molar-refractivity contribution >= 4 is 23.5 Å². The SMILES string of the molecule is O=C(O)NC1CN(c2ncc(C(F)(F)F)cc2Cl)C1. The Kier molecular flexibility index (Phi) is 3.44. The van der Waals surface area contributed by atoms with Crippen molar-refractivity contribution in [1.82, 2.24) is 10.3 Å². The molecule has 1 fully saturated rings. The van der Waals surface area contributed by atoms with E-state index in [4.69, 9.17) is 16.7 Å². The zero-order valence-electron chi connectivity index (χ0n) is 9.41. The number of anilines is 1. The first-order valence-corrected chi connectivity index (χ1v) is 5.62. The quantitative estimate of drug-likeness (QED) is 0.878. The summed E-state index contributed by atoms with van der Waals surface area (Å²) < 4.78 is 37.2. The second-order valence-corrected chi connectivity index (χ2v) is 4.49. The Labute approximate surface area is 111 Å². The van der Waals surface area contributed by atoms with Gasteiger partial charge in [0.1, 0.15) is 5.82 Å². The molecule has 1 aromatic rings. The Morgan fingerprint density at radius 1 is 1.53 bits per heavy atom. The van der Waals surface area contributed by atoms with Crippen molar-refractivity contribution in [1.29, 1.82) is 0 Å². The number of aromatic nitrogens is 1. The number of nitrogens with zero attached hydrogens (tertiary/aromatic N) is 2. The molecule has 2 rings (SSSR count). The van der Waals surface area contributed by atoms with Gasteiger partial charge in [0.15, 0.2) is 0 Å². The fourth-order valence-corrected chi connectivity index (χ4v) is 2.02. The number of hydrogen-bond acceptors (Lipinski definition) is 3. The van der Waals surface area contributed by atoms with Gasteiger partial charge < -0.3 is 15.3 Å². The van der Waals surface area contributed by atoms with Crippen LogP contribution in [0.4, 0.5) is 23.8 Å². The lowest BCUT2D eigenvalue weighted by atomic mass is 10.1. The first-order valence-electron chi connectivity index (χ1n) is 5.24. The molecule has 104 valence electrons. The van der Waals surface area contributed by atoms with E-state index in [1.54, 1.807) is 4.90 Å². The van der Waals surface area contributed by atoms with Crippen molar-refractivity contribution < 1.29 is 23.1 Å². The molecule has 0 bridgehead atoms. The molecule has 0 aliphatic carbocycles. The number of nitrogens with one attached hydrogen (secondary N) is 1. The zero-order valence-corrected chi connectivity index (χ0v) is 10.2. The van der Waals surface area contributed by atoms with Crippen molar-refractivity contribution in [2.24, 2.45) is 0 Å². The summed E-state index contributed by atoms with van der Waals surface area (Å²) in [6, 6.07) is 0.541. The number of pyridine rings is 1. The molecule has 0 aromatic carbocycles. The van der Waals surface area contributed by atoms with Crippen molar-refractivity contribution in [3.63, 3.8) is 0 Å². The van der Waals surface area contributed by atoms with Crippen LogP contribution in [0.15, 0.2) is 12.3 Å². The van der Waals surface area contributed by atoms with E-state index < -0.39 is 17.8 Å². The van der Waals surface area contributed by atoms with Gasteiger partial charge in [0.2, 0.25) is 0 Å². The van der Waals surface area contributed by atoms with Gasteiger partial charge in [-0.2, -0.15) is 13.2 Å². The van der Waals surface area contributed by atoms with E-state index in [2.05, 4.69) is 10.3 Å². The average molecular weight is 296 g/mol. The maximum absolute atomic E-state index is 12.4. The molecule has 0 unspecified atom stereocenters. The lowest BCUT2D eigenvalue weighted by Crippen LogP contribution is -2.59. The highest BCUT2D eigenvalue weighted by atomic mass is 35.5. The molecular weight excluding hydrogens is 287 g/mol. The molecule has 0 atom stereocenters. The van der Waals surface area contributed by atoms with Gasteiger partial charge in [-0.25, -0.2) is 9.78 Å². The Balaban J connectivity index is 2.06. The summed E-state index contributed by atoms with van der Waals surface area (Å²) in [4.78, 5) is 15.7. The van der Waals surface area contributed by atoms with E-state index >= 15 is 0 Å². The van der Waals surface area contributed by atoms with Crippen LogP contribution in [0.5, 0.6) is 0 Å². The molecule has 19 heavy (non-hydrogen) atoms. The highest BCUT2D eigenvalue weighted by Crippen LogP contribution is 2.34. The van der Waals surface area contributed by atoms with Gasteiger partial charge in [-0.3, -0.25) is 0 Å². The maximum atomic E-state index is 12.4. The monoisotopic (exact) mass is 295 g/mol. The summed E-state index contributed by atoms with van der Waals surface area (Å²) in [7, 11) is 0. The van der Waals surface area contributed by atoms with Crippen LogP contribution in [0.2, 0.25) is 5.02 Å². The number of alkyl halides is 3. The second kappa shape index (κ2) is 4.76. The minimum absolute atomic E-state index is 0.108. The minimum atomic E-state index is -4.49. The molecule has 1 amide bonds. The van der Waals surface area contributed by atoms with Gasteiger partial charge in [0.05, 0.1) is 16.6 Å². The Hall–Kier alpha value is -1.70. The molecule has 1 aliphatic rings. The predicted molar refractivity (Wildman–Crippen MR) is 61.4 cm³/mol. The molecule has 1 saturated heterocycles. The van der Waals surface area contributed by atoms with Gasteiger partial charge in [0.25, 0.3) is 0 Å². The molecule has 5 nitrogen and oxygen atoms in total. The summed E-state index contributed by atoms with van der Waals surface area (Å²) in [6.07, 6.45) is -4.92. The number of carboxylic acid groups (broad SMARTS) is 1. The smallest absolute Gasteiger partial charge is 0.417 e. The van der Waals surface area contributed by atoms with Gasteiger partial charge in [-0.15, -0.1) is 0 Å². The van der Waals surface area contributed by atoms with E-state index in [9.17, 15) is 18.0 Å². The Morgan fingerprint density at radius 2 is 2.16 bits per heavy atom. The van der Waals surface area contributed by atoms with Gasteiger partial charge in [-0.1, -0.05) is 11.6 Å². The number of hydrogen-bond donors (Lipinski definition) is 2. The van der Waals surface area contributed by atoms with Crippen molar-refractivity contribution in [3.05, 3.63) is 22.8 Å². The number of halogens is 4. The van der Waals surface area contributed by atoms with Crippen LogP contribution in [0, 0.1) is 0 Å². The largest absolute Gasteiger partial charge is 0.465 e. The molecular formula is C10H9ClF3N3O2. The maximum Gasteiger partial charge on any atom is 0.417 e. The van der Waals surface area contributed by atoms with Crippen LogP contribution in [-0.2, 0) is 6.18 Å². The van der Waals surface area contributed by atoms with Crippen LogP contribution in [0.3, 0.4) is 0 Å². The van der Waals surface area contributed by atoms with Gasteiger partial charge in [0, 0.05) is 19.3 Å². The third kappa shape index (κ3) is 3.01. The van der Waals surface area contributed by atoms with Gasteiger partial charge in [-0.05, 0) is 6.07 Å². The third-order valence-electron chi connectivity index (χ3n) is 2.66. The molecule has 2 N–H and O–H groups in total. The van der Waals surface area contributed by atoms with E-state index in [1.165, 1.54) is 0 Å². The molecule has 9 heteroatoms. The summed E-state index contributed by atoms with van der Waals surface area (Å²) in [6.45, 7) is 0.648. The van der Waals surface area contributed by atoms with E-state index in [1.807, 2.05) is 0 Å². The van der Waals surface area contributed by atoms with Crippen molar-refractivity contribution in [3.8, 4) is 0 Å². The first-order chi connectivity index (χ1) is 8.77. The average Bonchev–Trinajstić information content (AvgIpc) is 2.22. The molecule has 2 heterocycles. The molecule has 0 radical (unpaired) electrons. The second-order valence-electron chi connectivity index (χ2n) is 4.08. The van der Waals surface area contributed by atoms with Gasteiger partial charge >= 0.3 is 12.3 Å². The number of amides is 1. The zero-order chi connectivity index (χ0) is 14.2. The van der Waals surface area contributed by atoms with Crippen LogP contribution in [0.25, 0.3) is 0 Å². The van der Waals surface area contributed by atoms with Crippen LogP contribution in [0.1, 0.15) is 5.56 Å². The van der Waals surface area contributed by atoms with E-state index in [-0.39, 0.29) is 16.9 Å². The highest BCUT2D eigenvalue weighted by Gasteiger charge is 2.34. The predicted octanol–water partition coefficient (Wildman–Crippen LogP) is 2.21. The fourth-order valence-electron chi connectivity index (χ4n) is 1.74. The summed E-state index contributed by atoms with van der Waals surface area (Å²) >= 11 is 5.76. The highest BCUT2D eigenvalue weighted by molar-refractivity contribution is 6.33. The standard InChI is InChI=1S/C10H9ClF3N3O2/c11-7-1-5(10(12,13)14)2-15-8(7)17-3-6(4-17)16-9(18)19/h1-2,6,16H,3-4H2,(H,18,19). The molecule has 1 aromatic heterocycles.